The van der Waals surface area contributed by atoms with Crippen LogP contribution in [0.15, 0.2) is 36.2 Å². The Labute approximate surface area is 108 Å². The molecular weight excluding hydrogens is 230 g/mol. The molecule has 0 saturated heterocycles. The van der Waals surface area contributed by atoms with E-state index in [4.69, 9.17) is 4.74 Å². The van der Waals surface area contributed by atoms with Gasteiger partial charge in [0.2, 0.25) is 0 Å². The number of ether oxygens (including phenoxy) is 1. The molecule has 0 aromatic carbocycles. The lowest BCUT2D eigenvalue weighted by Gasteiger charge is -2.26. The summed E-state index contributed by atoms with van der Waals surface area (Å²) in [7, 11) is 0. The average Bonchev–Trinajstić information content (AvgIpc) is 2.36. The molecule has 0 amide bonds. The minimum Gasteiger partial charge on any atom is -0.461 e. The molecule has 18 heavy (non-hydrogen) atoms. The van der Waals surface area contributed by atoms with Crippen LogP contribution in [0, 0.1) is 0 Å². The van der Waals surface area contributed by atoms with Crippen LogP contribution in [0.5, 0.6) is 0 Å². The van der Waals surface area contributed by atoms with Crippen LogP contribution in [0.1, 0.15) is 26.7 Å². The molecule has 4 heteroatoms. The lowest BCUT2D eigenvalue weighted by Crippen LogP contribution is -2.28. The fourth-order valence-corrected chi connectivity index (χ4v) is 1.73. The fraction of sp³-hybridized carbons (Fsp3) is 0.429. The summed E-state index contributed by atoms with van der Waals surface area (Å²) in [5.41, 5.74) is 0.996. The minimum absolute atomic E-state index is 0.0706. The van der Waals surface area contributed by atoms with Gasteiger partial charge in [0.05, 0.1) is 6.61 Å². The van der Waals surface area contributed by atoms with Gasteiger partial charge >= 0.3 is 5.97 Å². The number of allylic oxidation sites excluding steroid dienone is 3. The van der Waals surface area contributed by atoms with E-state index < -0.39 is 0 Å². The number of nitrogens with zero attached hydrogens (tertiary/aromatic N) is 1. The van der Waals surface area contributed by atoms with Crippen LogP contribution in [0.25, 0.3) is 0 Å². The summed E-state index contributed by atoms with van der Waals surface area (Å²) in [5.74, 6) is -0.417. The molecule has 0 spiro atoms. The van der Waals surface area contributed by atoms with Crippen molar-refractivity contribution in [3.05, 3.63) is 36.2 Å². The molecule has 1 heterocycles. The predicted octanol–water partition coefficient (Wildman–Crippen LogP) is 2.19. The van der Waals surface area contributed by atoms with Crippen molar-refractivity contribution >= 4 is 11.8 Å². The van der Waals surface area contributed by atoms with E-state index in [0.717, 1.165) is 12.8 Å². The number of carbonyl (C=O) groups excluding carboxylic acids is 2. The topological polar surface area (TPSA) is 46.6 Å². The second-order valence-corrected chi connectivity index (χ2v) is 3.99. The second kappa shape index (κ2) is 6.79. The van der Waals surface area contributed by atoms with Gasteiger partial charge in [-0.25, -0.2) is 4.79 Å². The number of carbonyl (C=O) groups is 2. The van der Waals surface area contributed by atoms with Crippen LogP contribution >= 0.6 is 0 Å². The van der Waals surface area contributed by atoms with Crippen LogP contribution in [0.2, 0.25) is 0 Å². The first-order valence-electron chi connectivity index (χ1n) is 6.09. The number of Topliss-reactive ketones (excluding diaryl/α,β-unsaturated/α-hetero) is 1. The summed E-state index contributed by atoms with van der Waals surface area (Å²) >= 11 is 0. The summed E-state index contributed by atoms with van der Waals surface area (Å²) < 4.78 is 5.00. The van der Waals surface area contributed by atoms with E-state index >= 15 is 0 Å². The van der Waals surface area contributed by atoms with E-state index in [-0.39, 0.29) is 11.8 Å². The van der Waals surface area contributed by atoms with E-state index in [1.54, 1.807) is 18.0 Å². The van der Waals surface area contributed by atoms with Crippen LogP contribution in [-0.4, -0.2) is 29.8 Å². The Morgan fingerprint density at radius 1 is 1.56 bits per heavy atom. The summed E-state index contributed by atoms with van der Waals surface area (Å²) in [6.45, 7) is 7.90. The van der Waals surface area contributed by atoms with E-state index in [0.29, 0.717) is 24.4 Å². The van der Waals surface area contributed by atoms with Crippen LogP contribution < -0.4 is 0 Å². The van der Waals surface area contributed by atoms with Crippen molar-refractivity contribution in [2.75, 3.05) is 13.2 Å². The highest BCUT2D eigenvalue weighted by Crippen LogP contribution is 2.18. The summed E-state index contributed by atoms with van der Waals surface area (Å²) in [6, 6.07) is 0. The molecule has 0 N–H and O–H groups in total. The van der Waals surface area contributed by atoms with E-state index in [1.165, 1.54) is 13.0 Å². The van der Waals surface area contributed by atoms with Crippen molar-refractivity contribution in [3.63, 3.8) is 0 Å². The largest absolute Gasteiger partial charge is 0.461 e. The third kappa shape index (κ3) is 3.58. The first kappa shape index (κ1) is 14.2. The van der Waals surface area contributed by atoms with Crippen molar-refractivity contribution < 1.29 is 14.3 Å². The van der Waals surface area contributed by atoms with Crippen molar-refractivity contribution in [2.45, 2.75) is 26.7 Å². The molecule has 1 aliphatic heterocycles. The highest BCUT2D eigenvalue weighted by Gasteiger charge is 2.20. The van der Waals surface area contributed by atoms with Crippen LogP contribution in [-0.2, 0) is 14.3 Å². The Bertz CT molecular complexity index is 407. The number of hydrogen-bond acceptors (Lipinski definition) is 4. The first-order valence-corrected chi connectivity index (χ1v) is 6.09. The number of esters is 1. The summed E-state index contributed by atoms with van der Waals surface area (Å²) in [4.78, 5) is 24.9. The summed E-state index contributed by atoms with van der Waals surface area (Å²) in [6.07, 6.45) is 6.81. The second-order valence-electron chi connectivity index (χ2n) is 3.99. The quantitative estimate of drug-likeness (QED) is 0.425. The third-order valence-corrected chi connectivity index (χ3v) is 2.66. The normalized spacial score (nSPS) is 16.0. The molecule has 0 saturated carbocycles. The van der Waals surface area contributed by atoms with Crippen molar-refractivity contribution in [1.29, 1.82) is 0 Å². The van der Waals surface area contributed by atoms with E-state index in [1.807, 2.05) is 6.08 Å². The maximum absolute atomic E-state index is 11.8. The molecule has 0 atom stereocenters. The van der Waals surface area contributed by atoms with Crippen LogP contribution in [0.3, 0.4) is 0 Å². The number of ketones is 1. The fourth-order valence-electron chi connectivity index (χ4n) is 1.73. The number of rotatable bonds is 5. The molecule has 0 aromatic heterocycles. The zero-order valence-electron chi connectivity index (χ0n) is 10.9. The van der Waals surface area contributed by atoms with Crippen LogP contribution in [0.4, 0.5) is 0 Å². The molecule has 0 aliphatic carbocycles. The highest BCUT2D eigenvalue weighted by atomic mass is 16.5. The molecule has 1 rings (SSSR count). The molecule has 98 valence electrons. The van der Waals surface area contributed by atoms with Crippen molar-refractivity contribution in [3.8, 4) is 0 Å². The SMILES string of the molecule is C=C/C(=C\N1CCCC=C1C(=O)OCC)C(C)=O. The number of hydrogen-bond donors (Lipinski definition) is 0. The lowest BCUT2D eigenvalue weighted by molar-refractivity contribution is -0.140. The van der Waals surface area contributed by atoms with Gasteiger partial charge in [-0.15, -0.1) is 0 Å². The van der Waals surface area contributed by atoms with Crippen molar-refractivity contribution in [2.24, 2.45) is 0 Å². The van der Waals surface area contributed by atoms with Gasteiger partial charge in [-0.1, -0.05) is 18.7 Å². The smallest absolute Gasteiger partial charge is 0.354 e. The zero-order valence-corrected chi connectivity index (χ0v) is 10.9. The Morgan fingerprint density at radius 3 is 2.83 bits per heavy atom. The van der Waals surface area contributed by atoms with Gasteiger partial charge in [-0.2, -0.15) is 0 Å². The molecule has 0 fully saturated rings. The molecule has 0 unspecified atom stereocenters. The Balaban J connectivity index is 2.95. The van der Waals surface area contributed by atoms with Gasteiger partial charge in [0.1, 0.15) is 5.70 Å². The minimum atomic E-state index is -0.347. The predicted molar refractivity (Wildman–Crippen MR) is 69.6 cm³/mol. The Hall–Kier alpha value is -1.84. The van der Waals surface area contributed by atoms with Gasteiger partial charge in [0.15, 0.2) is 5.78 Å². The lowest BCUT2D eigenvalue weighted by atomic mass is 10.1. The van der Waals surface area contributed by atoms with Crippen molar-refractivity contribution in [1.82, 2.24) is 4.90 Å². The Morgan fingerprint density at radius 2 is 2.28 bits per heavy atom. The van der Waals surface area contributed by atoms with Gasteiger partial charge in [-0.3, -0.25) is 4.79 Å². The molecule has 1 aliphatic rings. The molecular formula is C14H19NO3. The molecule has 4 nitrogen and oxygen atoms in total. The maximum atomic E-state index is 11.8. The zero-order chi connectivity index (χ0) is 13.5. The summed E-state index contributed by atoms with van der Waals surface area (Å²) in [5, 5.41) is 0. The van der Waals surface area contributed by atoms with E-state index in [2.05, 4.69) is 6.58 Å². The van der Waals surface area contributed by atoms with Gasteiger partial charge < -0.3 is 9.64 Å². The maximum Gasteiger partial charge on any atom is 0.354 e. The van der Waals surface area contributed by atoms with Gasteiger partial charge in [-0.05, 0) is 26.7 Å². The molecule has 0 bridgehead atoms. The molecule has 0 radical (unpaired) electrons. The molecule has 0 aromatic rings. The van der Waals surface area contributed by atoms with Gasteiger partial charge in [0, 0.05) is 18.3 Å². The average molecular weight is 249 g/mol. The van der Waals surface area contributed by atoms with Gasteiger partial charge in [0.25, 0.3) is 0 Å². The first-order chi connectivity index (χ1) is 8.60. The Kier molecular flexibility index (Phi) is 5.36. The third-order valence-electron chi connectivity index (χ3n) is 2.66. The standard InChI is InChI=1S/C14H19NO3/c1-4-12(11(3)16)10-15-9-7-6-8-13(15)14(17)18-5-2/h4,8,10H,1,5-7,9H2,2-3H3/b12-10+. The van der Waals surface area contributed by atoms with E-state index in [9.17, 15) is 9.59 Å². The highest BCUT2D eigenvalue weighted by molar-refractivity contribution is 5.96. The monoisotopic (exact) mass is 249 g/mol.